The second-order valence-electron chi connectivity index (χ2n) is 3.93. The molecule has 1 aliphatic carbocycles. The molecule has 0 bridgehead atoms. The summed E-state index contributed by atoms with van der Waals surface area (Å²) in [7, 11) is -3.26. The van der Waals surface area contributed by atoms with Gasteiger partial charge in [0.15, 0.2) is 0 Å². The van der Waals surface area contributed by atoms with Crippen LogP contribution in [0.25, 0.3) is 0 Å². The molecule has 1 fully saturated rings. The Morgan fingerprint density at radius 1 is 1.21 bits per heavy atom. The highest BCUT2D eigenvalue weighted by atomic mass is 32.2. The molecule has 1 saturated carbocycles. The van der Waals surface area contributed by atoms with Crippen molar-refractivity contribution in [1.82, 2.24) is 0 Å². The smallest absolute Gasteiger partial charge is 0.270 e. The van der Waals surface area contributed by atoms with Crippen molar-refractivity contribution in [2.45, 2.75) is 57.1 Å². The van der Waals surface area contributed by atoms with Gasteiger partial charge in [-0.15, -0.1) is 0 Å². The molecule has 3 nitrogen and oxygen atoms in total. The molecule has 0 aliphatic heterocycles. The summed E-state index contributed by atoms with van der Waals surface area (Å²) < 4.78 is 28.3. The lowest BCUT2D eigenvalue weighted by Gasteiger charge is -2.20. The Hall–Kier alpha value is -0.0900. The van der Waals surface area contributed by atoms with Crippen LogP contribution in [0.1, 0.15) is 51.9 Å². The fourth-order valence-corrected chi connectivity index (χ4v) is 3.22. The van der Waals surface area contributed by atoms with Gasteiger partial charge in [0, 0.05) is 0 Å². The number of hydrogen-bond donors (Lipinski definition) is 0. The molecule has 0 atom stereocenters. The molecule has 4 heteroatoms. The monoisotopic (exact) mass is 220 g/mol. The van der Waals surface area contributed by atoms with E-state index in [9.17, 15) is 8.42 Å². The lowest BCUT2D eigenvalue weighted by Crippen LogP contribution is -2.26. The lowest BCUT2D eigenvalue weighted by molar-refractivity contribution is 0.297. The maximum absolute atomic E-state index is 11.6. The quantitative estimate of drug-likeness (QED) is 0.528. The predicted octanol–water partition coefficient (Wildman–Crippen LogP) is 2.47. The normalized spacial score (nSPS) is 19.8. The summed E-state index contributed by atoms with van der Waals surface area (Å²) in [4.78, 5) is 0. The molecule has 0 aromatic carbocycles. The summed E-state index contributed by atoms with van der Waals surface area (Å²) in [5, 5.41) is -0.229. The van der Waals surface area contributed by atoms with E-state index in [0.717, 1.165) is 38.5 Å². The molecule has 0 N–H and O–H groups in total. The van der Waals surface area contributed by atoms with Gasteiger partial charge in [0.25, 0.3) is 10.1 Å². The molecule has 0 unspecified atom stereocenters. The molecule has 0 spiro atoms. The van der Waals surface area contributed by atoms with Crippen molar-refractivity contribution in [3.8, 4) is 0 Å². The summed E-state index contributed by atoms with van der Waals surface area (Å²) in [5.41, 5.74) is 0. The third-order valence-corrected chi connectivity index (χ3v) is 4.49. The molecular formula is C10H20O3S. The Balaban J connectivity index is 2.38. The third kappa shape index (κ3) is 3.58. The minimum absolute atomic E-state index is 0.229. The van der Waals surface area contributed by atoms with Gasteiger partial charge in [-0.3, -0.25) is 4.18 Å². The van der Waals surface area contributed by atoms with Crippen LogP contribution in [0.3, 0.4) is 0 Å². The molecule has 1 aliphatic rings. The maximum Gasteiger partial charge on any atom is 0.270 e. The second kappa shape index (κ2) is 5.71. The standard InChI is InChI=1S/C10H20O3S/c1-2-3-9-13-14(11,12)10-7-5-4-6-8-10/h10H,2-9H2,1H3. The minimum atomic E-state index is -3.26. The largest absolute Gasteiger partial charge is 0.270 e. The first kappa shape index (κ1) is 12.0. The van der Waals surface area contributed by atoms with Gasteiger partial charge in [0.05, 0.1) is 11.9 Å². The van der Waals surface area contributed by atoms with Crippen LogP contribution < -0.4 is 0 Å². The van der Waals surface area contributed by atoms with Gasteiger partial charge < -0.3 is 0 Å². The summed E-state index contributed by atoms with van der Waals surface area (Å²) in [6.45, 7) is 2.38. The zero-order chi connectivity index (χ0) is 10.4. The van der Waals surface area contributed by atoms with Crippen LogP contribution in [0, 0.1) is 0 Å². The average Bonchev–Trinajstić information content (AvgIpc) is 2.19. The summed E-state index contributed by atoms with van der Waals surface area (Å²) in [6, 6.07) is 0. The van der Waals surface area contributed by atoms with E-state index in [-0.39, 0.29) is 5.25 Å². The molecule has 0 aromatic rings. The van der Waals surface area contributed by atoms with Crippen molar-refractivity contribution in [3.63, 3.8) is 0 Å². The van der Waals surface area contributed by atoms with E-state index >= 15 is 0 Å². The number of hydrogen-bond acceptors (Lipinski definition) is 3. The molecule has 1 rings (SSSR count). The molecule has 0 aromatic heterocycles. The highest BCUT2D eigenvalue weighted by molar-refractivity contribution is 7.87. The molecule has 0 heterocycles. The van der Waals surface area contributed by atoms with Crippen LogP contribution >= 0.6 is 0 Å². The fourth-order valence-electron chi connectivity index (χ4n) is 1.77. The van der Waals surface area contributed by atoms with Crippen LogP contribution in [0.5, 0.6) is 0 Å². The van der Waals surface area contributed by atoms with Crippen LogP contribution in [0.4, 0.5) is 0 Å². The molecule has 14 heavy (non-hydrogen) atoms. The first-order chi connectivity index (χ1) is 6.67. The van der Waals surface area contributed by atoms with Crippen molar-refractivity contribution in [1.29, 1.82) is 0 Å². The third-order valence-electron chi connectivity index (χ3n) is 2.71. The Labute approximate surface area is 87.0 Å². The number of unbranched alkanes of at least 4 members (excludes halogenated alkanes) is 1. The Kier molecular flexibility index (Phi) is 4.89. The molecule has 0 radical (unpaired) electrons. The van der Waals surface area contributed by atoms with Crippen molar-refractivity contribution in [2.75, 3.05) is 6.61 Å². The van der Waals surface area contributed by atoms with E-state index in [2.05, 4.69) is 0 Å². The molecule has 0 saturated heterocycles. The molecular weight excluding hydrogens is 200 g/mol. The van der Waals surface area contributed by atoms with Gasteiger partial charge in [-0.2, -0.15) is 8.42 Å². The van der Waals surface area contributed by atoms with Crippen molar-refractivity contribution < 1.29 is 12.6 Å². The Morgan fingerprint density at radius 2 is 1.86 bits per heavy atom. The van der Waals surface area contributed by atoms with E-state index in [1.807, 2.05) is 6.92 Å². The van der Waals surface area contributed by atoms with E-state index in [4.69, 9.17) is 4.18 Å². The first-order valence-corrected chi connectivity index (χ1v) is 7.02. The highest BCUT2D eigenvalue weighted by Crippen LogP contribution is 2.24. The zero-order valence-corrected chi connectivity index (χ0v) is 9.68. The Bertz CT molecular complexity index is 240. The van der Waals surface area contributed by atoms with Crippen molar-refractivity contribution >= 4 is 10.1 Å². The second-order valence-corrected chi connectivity index (χ2v) is 5.82. The number of rotatable bonds is 5. The Morgan fingerprint density at radius 3 is 2.43 bits per heavy atom. The average molecular weight is 220 g/mol. The highest BCUT2D eigenvalue weighted by Gasteiger charge is 2.27. The summed E-state index contributed by atoms with van der Waals surface area (Å²) >= 11 is 0. The topological polar surface area (TPSA) is 43.4 Å². The van der Waals surface area contributed by atoms with Crippen LogP contribution in [-0.2, 0) is 14.3 Å². The van der Waals surface area contributed by atoms with Crippen molar-refractivity contribution in [2.24, 2.45) is 0 Å². The maximum atomic E-state index is 11.6. The summed E-state index contributed by atoms with van der Waals surface area (Å²) in [6.07, 6.45) is 6.60. The molecule has 84 valence electrons. The SMILES string of the molecule is CCCCOS(=O)(=O)C1CCCCC1. The van der Waals surface area contributed by atoms with E-state index in [0.29, 0.717) is 6.61 Å². The fraction of sp³-hybridized carbons (Fsp3) is 1.00. The molecule has 0 amide bonds. The van der Waals surface area contributed by atoms with Crippen LogP contribution in [0.15, 0.2) is 0 Å². The lowest BCUT2D eigenvalue weighted by atomic mass is 10.0. The summed E-state index contributed by atoms with van der Waals surface area (Å²) in [5.74, 6) is 0. The van der Waals surface area contributed by atoms with Crippen LogP contribution in [-0.4, -0.2) is 20.3 Å². The van der Waals surface area contributed by atoms with Gasteiger partial charge in [0.1, 0.15) is 0 Å². The zero-order valence-electron chi connectivity index (χ0n) is 8.87. The van der Waals surface area contributed by atoms with E-state index in [1.54, 1.807) is 0 Å². The first-order valence-electron chi connectivity index (χ1n) is 5.55. The van der Waals surface area contributed by atoms with E-state index < -0.39 is 10.1 Å². The van der Waals surface area contributed by atoms with Gasteiger partial charge in [-0.25, -0.2) is 0 Å². The van der Waals surface area contributed by atoms with Gasteiger partial charge in [0.2, 0.25) is 0 Å². The van der Waals surface area contributed by atoms with Gasteiger partial charge in [-0.05, 0) is 19.3 Å². The van der Waals surface area contributed by atoms with Crippen LogP contribution in [0.2, 0.25) is 0 Å². The van der Waals surface area contributed by atoms with Crippen molar-refractivity contribution in [3.05, 3.63) is 0 Å². The van der Waals surface area contributed by atoms with E-state index in [1.165, 1.54) is 6.42 Å². The van der Waals surface area contributed by atoms with Gasteiger partial charge in [-0.1, -0.05) is 32.6 Å². The minimum Gasteiger partial charge on any atom is -0.270 e. The predicted molar refractivity (Wildman–Crippen MR) is 56.7 cm³/mol. The van der Waals surface area contributed by atoms with Gasteiger partial charge >= 0.3 is 0 Å².